The number of carbonyl (C=O) groups excluding carboxylic acids is 3. The van der Waals surface area contributed by atoms with Crippen LogP contribution in [0.3, 0.4) is 0 Å². The number of hydrogen-bond acceptors (Lipinski definition) is 11. The number of nitrogens with one attached hydrogen (secondary N) is 2. The van der Waals surface area contributed by atoms with Crippen molar-refractivity contribution < 1.29 is 33.7 Å². The molecule has 0 saturated carbocycles. The van der Waals surface area contributed by atoms with Crippen molar-refractivity contribution >= 4 is 85.0 Å². The first-order chi connectivity index (χ1) is 21.5. The van der Waals surface area contributed by atoms with Crippen LogP contribution in [0.1, 0.15) is 26.0 Å². The van der Waals surface area contributed by atoms with Gasteiger partial charge in [-0.2, -0.15) is 4.57 Å². The van der Waals surface area contributed by atoms with E-state index in [9.17, 15) is 24.3 Å². The number of thioether (sulfide) groups is 1. The van der Waals surface area contributed by atoms with E-state index >= 15 is 0 Å². The first-order valence-corrected chi connectivity index (χ1v) is 16.6. The maximum absolute atomic E-state index is 13.4. The molecule has 3 aromatic heterocycles. The molecule has 2 atom stereocenters. The lowest BCUT2D eigenvalue weighted by Crippen LogP contribution is -2.70. The number of pyridine rings is 1. The zero-order chi connectivity index (χ0) is 32.5. The van der Waals surface area contributed by atoms with Crippen LogP contribution in [-0.2, 0) is 37.1 Å². The van der Waals surface area contributed by atoms with Gasteiger partial charge >= 0.3 is 5.97 Å². The zero-order valence-electron chi connectivity index (χ0n) is 24.7. The fourth-order valence-corrected chi connectivity index (χ4v) is 7.65. The Balaban J connectivity index is 1.35. The number of nitrogens with zero attached hydrogens (tertiary/aromatic N) is 5. The molecular formula is C28H32BrN8O6S2+. The van der Waals surface area contributed by atoms with Gasteiger partial charge in [-0.05, 0) is 55.9 Å². The van der Waals surface area contributed by atoms with E-state index in [0.717, 1.165) is 47.5 Å². The minimum absolute atomic E-state index is 0.0361. The third-order valence-corrected chi connectivity index (χ3v) is 10.3. The van der Waals surface area contributed by atoms with Crippen LogP contribution >= 0.6 is 39.0 Å². The SMILES string of the molecule is CNCCCn1ccc2c1ccc[n+]2CC1=C(C=O)N2C(=O)C(NC(=O)/C(=N\OC(C)(C)C(=O)O)c3nc(N)sc3Br)C2SC1. The number of aromatic nitrogens is 3. The van der Waals surface area contributed by atoms with Crippen LogP contribution in [0.2, 0.25) is 0 Å². The summed E-state index contributed by atoms with van der Waals surface area (Å²) in [6.45, 7) is 4.74. The summed E-state index contributed by atoms with van der Waals surface area (Å²) >= 11 is 5.77. The molecule has 5 heterocycles. The quantitative estimate of drug-likeness (QED) is 0.0504. The Labute approximate surface area is 274 Å². The summed E-state index contributed by atoms with van der Waals surface area (Å²) < 4.78 is 4.63. The standard InChI is InChI=1S/C28H31BrN8O6S2/c1-28(2,26(41)42)43-34-20(19-22(29)45-27(30)33-19)23(39)32-21-24(40)37-18(13-38)15(14-44-25(21)37)12-36-9-4-6-16-17(36)7-11-35(16)10-5-8-31-3/h4,6-7,9,11,13,21,25,31H,5,8,10,12,14H2,1-3H3,(H3-,30,32,33,39,41,42)/p+1/b34-20-. The number of oxime groups is 1. The molecule has 0 bridgehead atoms. The van der Waals surface area contributed by atoms with Gasteiger partial charge in [-0.25, -0.2) is 9.78 Å². The molecule has 238 valence electrons. The number of nitrogens with two attached hydrogens (primary N) is 1. The van der Waals surface area contributed by atoms with Gasteiger partial charge in [0.2, 0.25) is 11.1 Å². The number of aldehydes is 1. The normalized spacial score (nSPS) is 18.5. The molecular weight excluding hydrogens is 688 g/mol. The maximum atomic E-state index is 13.4. The molecule has 1 saturated heterocycles. The zero-order valence-corrected chi connectivity index (χ0v) is 27.9. The average Bonchev–Trinajstić information content (AvgIpc) is 3.57. The number of halogens is 1. The van der Waals surface area contributed by atoms with Crippen LogP contribution in [0, 0.1) is 0 Å². The van der Waals surface area contributed by atoms with Crippen LogP contribution in [0.5, 0.6) is 0 Å². The Kier molecular flexibility index (Phi) is 9.62. The molecule has 17 heteroatoms. The highest BCUT2D eigenvalue weighted by Crippen LogP contribution is 2.40. The Morgan fingerprint density at radius 2 is 2.16 bits per heavy atom. The molecule has 2 aliphatic heterocycles. The van der Waals surface area contributed by atoms with Gasteiger partial charge in [0.05, 0.1) is 5.70 Å². The minimum Gasteiger partial charge on any atom is -0.478 e. The molecule has 0 aliphatic carbocycles. The summed E-state index contributed by atoms with van der Waals surface area (Å²) in [5.41, 5.74) is 6.89. The van der Waals surface area contributed by atoms with Crippen molar-refractivity contribution in [3.63, 3.8) is 0 Å². The minimum atomic E-state index is -1.75. The molecule has 3 aromatic rings. The number of anilines is 1. The van der Waals surface area contributed by atoms with Crippen LogP contribution < -0.4 is 20.9 Å². The van der Waals surface area contributed by atoms with Gasteiger partial charge in [-0.1, -0.05) is 16.5 Å². The molecule has 5 N–H and O–H groups in total. The van der Waals surface area contributed by atoms with Gasteiger partial charge in [0, 0.05) is 36.2 Å². The number of β-lactam (4-membered cyclic amide) rings is 1. The Morgan fingerprint density at radius 1 is 1.38 bits per heavy atom. The summed E-state index contributed by atoms with van der Waals surface area (Å²) in [4.78, 5) is 61.4. The number of aliphatic carboxylic acids is 1. The second-order valence-electron chi connectivity index (χ2n) is 10.9. The number of carboxylic acids is 1. The monoisotopic (exact) mass is 719 g/mol. The summed E-state index contributed by atoms with van der Waals surface area (Å²) in [6, 6.07) is 5.10. The summed E-state index contributed by atoms with van der Waals surface area (Å²) in [5.74, 6) is -2.11. The van der Waals surface area contributed by atoms with E-state index < -0.39 is 34.8 Å². The van der Waals surface area contributed by atoms with E-state index in [1.807, 2.05) is 31.6 Å². The molecule has 2 aliphatic rings. The van der Waals surface area contributed by atoms with Gasteiger partial charge in [0.15, 0.2) is 29.9 Å². The highest BCUT2D eigenvalue weighted by Gasteiger charge is 2.53. The maximum Gasteiger partial charge on any atom is 0.350 e. The first-order valence-electron chi connectivity index (χ1n) is 13.9. The number of fused-ring (bicyclic) bond motifs is 2. The predicted molar refractivity (Wildman–Crippen MR) is 172 cm³/mol. The first kappa shape index (κ1) is 32.6. The molecule has 0 aromatic carbocycles. The van der Waals surface area contributed by atoms with Crippen molar-refractivity contribution in [1.29, 1.82) is 0 Å². The molecule has 45 heavy (non-hydrogen) atoms. The van der Waals surface area contributed by atoms with Crippen LogP contribution in [0.4, 0.5) is 5.13 Å². The van der Waals surface area contributed by atoms with Crippen molar-refractivity contribution in [2.24, 2.45) is 5.16 Å². The number of nitrogen functional groups attached to an aromatic ring is 1. The topological polar surface area (TPSA) is 185 Å². The van der Waals surface area contributed by atoms with Crippen molar-refractivity contribution in [2.75, 3.05) is 25.1 Å². The van der Waals surface area contributed by atoms with Crippen molar-refractivity contribution in [3.8, 4) is 0 Å². The fraction of sp³-hybridized carbons (Fsp3) is 0.393. The lowest BCUT2D eigenvalue weighted by atomic mass is 10.0. The highest BCUT2D eigenvalue weighted by atomic mass is 79.9. The Bertz CT molecular complexity index is 1730. The molecule has 2 amide bonds. The van der Waals surface area contributed by atoms with Gasteiger partial charge in [0.1, 0.15) is 26.4 Å². The Hall–Kier alpha value is -3.80. The second-order valence-corrected chi connectivity index (χ2v) is 14.3. The smallest absolute Gasteiger partial charge is 0.350 e. The summed E-state index contributed by atoms with van der Waals surface area (Å²) in [7, 11) is 1.93. The number of thiazole rings is 1. The van der Waals surface area contributed by atoms with Crippen molar-refractivity contribution in [2.45, 2.75) is 50.4 Å². The third kappa shape index (κ3) is 6.47. The number of carboxylic acid groups (broad SMARTS) is 1. The summed E-state index contributed by atoms with van der Waals surface area (Å²) in [6.07, 6.45) is 5.67. The van der Waals surface area contributed by atoms with E-state index in [0.29, 0.717) is 22.4 Å². The second kappa shape index (κ2) is 13.3. The van der Waals surface area contributed by atoms with E-state index in [-0.39, 0.29) is 22.2 Å². The van der Waals surface area contributed by atoms with Crippen LogP contribution in [0.25, 0.3) is 11.0 Å². The summed E-state index contributed by atoms with van der Waals surface area (Å²) in [5, 5.41) is 18.7. The molecule has 5 rings (SSSR count). The number of aryl methyl sites for hydroxylation is 1. The number of allylic oxidation sites excluding steroid dienone is 1. The number of hydrogen-bond donors (Lipinski definition) is 4. The third-order valence-electron chi connectivity index (χ3n) is 7.41. The van der Waals surface area contributed by atoms with E-state index in [2.05, 4.69) is 51.9 Å². The molecule has 0 spiro atoms. The van der Waals surface area contributed by atoms with Gasteiger partial charge in [0.25, 0.3) is 11.8 Å². The molecule has 2 unspecified atom stereocenters. The fourth-order valence-electron chi connectivity index (χ4n) is 4.96. The lowest BCUT2D eigenvalue weighted by Gasteiger charge is -2.49. The number of carbonyl (C=O) groups is 4. The van der Waals surface area contributed by atoms with Crippen molar-refractivity contribution in [3.05, 3.63) is 51.3 Å². The van der Waals surface area contributed by atoms with Crippen LogP contribution in [0.15, 0.2) is 50.8 Å². The Morgan fingerprint density at radius 3 is 2.82 bits per heavy atom. The molecule has 0 radical (unpaired) electrons. The van der Waals surface area contributed by atoms with E-state index in [4.69, 9.17) is 10.6 Å². The van der Waals surface area contributed by atoms with Crippen LogP contribution in [-0.4, -0.2) is 85.7 Å². The largest absolute Gasteiger partial charge is 0.478 e. The molecule has 1 fully saturated rings. The number of rotatable bonds is 13. The number of amides is 2. The highest BCUT2D eigenvalue weighted by molar-refractivity contribution is 9.11. The van der Waals surface area contributed by atoms with Gasteiger partial charge in [-0.15, -0.1) is 11.8 Å². The van der Waals surface area contributed by atoms with Gasteiger partial charge in [-0.3, -0.25) is 19.3 Å². The van der Waals surface area contributed by atoms with E-state index in [1.54, 1.807) is 0 Å². The average molecular weight is 721 g/mol. The van der Waals surface area contributed by atoms with Crippen molar-refractivity contribution in [1.82, 2.24) is 25.1 Å². The molecule has 14 nitrogen and oxygen atoms in total. The van der Waals surface area contributed by atoms with Gasteiger partial charge < -0.3 is 30.9 Å². The van der Waals surface area contributed by atoms with E-state index in [1.165, 1.54) is 30.5 Å². The predicted octanol–water partition coefficient (Wildman–Crippen LogP) is 1.48. The lowest BCUT2D eigenvalue weighted by molar-refractivity contribution is -0.663.